The molecule has 0 aliphatic heterocycles. The average molecular weight is 603 g/mol. The molecule has 0 unspecified atom stereocenters. The van der Waals surface area contributed by atoms with Crippen molar-refractivity contribution in [1.82, 2.24) is 24.7 Å². The summed E-state index contributed by atoms with van der Waals surface area (Å²) in [6.45, 7) is 0. The molecule has 0 saturated heterocycles. The van der Waals surface area contributed by atoms with E-state index in [2.05, 4.69) is 15.1 Å². The van der Waals surface area contributed by atoms with Crippen LogP contribution in [0.3, 0.4) is 0 Å². The molecule has 1 aromatic carbocycles. The van der Waals surface area contributed by atoms with Crippen molar-refractivity contribution >= 4 is 16.6 Å². The minimum Gasteiger partial charge on any atom is -0.505 e. The number of aryl methyl sites for hydroxylation is 1. The van der Waals surface area contributed by atoms with Gasteiger partial charge in [-0.2, -0.15) is 31.4 Å². The second kappa shape index (κ2) is 13.0. The van der Waals surface area contributed by atoms with Crippen molar-refractivity contribution in [3.8, 4) is 17.1 Å². The molecule has 5 rings (SSSR count). The maximum atomic E-state index is 14.3. The van der Waals surface area contributed by atoms with Gasteiger partial charge >= 0.3 is 12.4 Å². The van der Waals surface area contributed by atoms with Crippen molar-refractivity contribution in [2.45, 2.75) is 50.9 Å². The van der Waals surface area contributed by atoms with Crippen LogP contribution in [0.1, 0.15) is 49.7 Å². The minimum absolute atomic E-state index is 0.140. The van der Waals surface area contributed by atoms with Gasteiger partial charge < -0.3 is 15.4 Å². The number of alkyl halides is 6. The number of anilines is 1. The molecule has 1 fully saturated rings. The summed E-state index contributed by atoms with van der Waals surface area (Å²) in [6, 6.07) is 3.88. The largest absolute Gasteiger partial charge is 0.505 e. The fourth-order valence-corrected chi connectivity index (χ4v) is 4.00. The zero-order valence-corrected chi connectivity index (χ0v) is 22.0. The van der Waals surface area contributed by atoms with E-state index in [9.17, 15) is 40.3 Å². The lowest BCUT2D eigenvalue weighted by Crippen LogP contribution is -2.22. The third kappa shape index (κ3) is 7.82. The maximum absolute atomic E-state index is 14.3. The number of benzene rings is 1. The van der Waals surface area contributed by atoms with Crippen molar-refractivity contribution in [3.05, 3.63) is 74.4 Å². The number of aromatic hydroxyl groups is 1. The molecule has 0 spiro atoms. The first-order chi connectivity index (χ1) is 19.6. The molecule has 226 valence electrons. The number of H-pyrrole nitrogens is 1. The lowest BCUT2D eigenvalue weighted by atomic mass is 10.0. The first-order valence-corrected chi connectivity index (χ1v) is 12.4. The Balaban J connectivity index is 0.000000221. The third-order valence-electron chi connectivity index (χ3n) is 6.15. The number of hydrogen-bond donors (Lipinski definition) is 3. The lowest BCUT2D eigenvalue weighted by Gasteiger charge is -2.10. The van der Waals surface area contributed by atoms with Crippen LogP contribution in [0.2, 0.25) is 0 Å². The highest BCUT2D eigenvalue weighted by molar-refractivity contribution is 5.86. The van der Waals surface area contributed by atoms with Crippen molar-refractivity contribution in [3.63, 3.8) is 0 Å². The Morgan fingerprint density at radius 2 is 1.55 bits per heavy atom. The van der Waals surface area contributed by atoms with Crippen LogP contribution in [0.4, 0.5) is 36.6 Å². The number of hydrogen-bond acceptors (Lipinski definition) is 7. The fraction of sp³-hybridized carbons (Fsp3) is 0.346. The van der Waals surface area contributed by atoms with Crippen molar-refractivity contribution in [2.24, 2.45) is 7.05 Å². The third-order valence-corrected chi connectivity index (χ3v) is 6.15. The number of halogens is 7. The van der Waals surface area contributed by atoms with Gasteiger partial charge in [0, 0.05) is 19.4 Å². The van der Waals surface area contributed by atoms with Crippen LogP contribution in [0.15, 0.2) is 46.4 Å². The fourth-order valence-electron chi connectivity index (χ4n) is 4.00. The molecule has 1 aliphatic rings. The van der Waals surface area contributed by atoms with E-state index in [-0.39, 0.29) is 16.8 Å². The Kier molecular flexibility index (Phi) is 9.91. The lowest BCUT2D eigenvalue weighted by molar-refractivity contribution is -0.140. The zero-order valence-electron chi connectivity index (χ0n) is 22.0. The molecule has 0 bridgehead atoms. The highest BCUT2D eigenvalue weighted by Crippen LogP contribution is 2.34. The van der Waals surface area contributed by atoms with Crippen LogP contribution in [0.25, 0.3) is 22.2 Å². The Labute approximate surface area is 232 Å². The Hall–Kier alpha value is -4.50. The molecule has 0 radical (unpaired) electrons. The van der Waals surface area contributed by atoms with Crippen LogP contribution < -0.4 is 16.9 Å². The molecule has 1 saturated carbocycles. The summed E-state index contributed by atoms with van der Waals surface area (Å²) in [5.74, 6) is -3.09. The second-order valence-corrected chi connectivity index (χ2v) is 9.22. The van der Waals surface area contributed by atoms with E-state index in [1.54, 1.807) is 11.2 Å². The predicted octanol–water partition coefficient (Wildman–Crippen LogP) is 5.57. The van der Waals surface area contributed by atoms with Crippen LogP contribution in [0, 0.1) is 5.82 Å². The highest BCUT2D eigenvalue weighted by Gasteiger charge is 2.37. The monoisotopic (exact) mass is 602 g/mol. The van der Waals surface area contributed by atoms with Crippen LogP contribution >= 0.6 is 0 Å². The van der Waals surface area contributed by atoms with E-state index >= 15 is 0 Å². The van der Waals surface area contributed by atoms with Gasteiger partial charge in [0.2, 0.25) is 0 Å². The number of fused-ring (bicyclic) bond motifs is 1. The number of nitrogens with zero attached hydrogens (tertiary/aromatic N) is 4. The minimum atomic E-state index is -4.86. The molecule has 1 aliphatic carbocycles. The first-order valence-electron chi connectivity index (χ1n) is 12.4. The van der Waals surface area contributed by atoms with E-state index in [0.717, 1.165) is 6.07 Å². The number of nitrogens with two attached hydrogens (primary N) is 1. The summed E-state index contributed by atoms with van der Waals surface area (Å²) < 4.78 is 89.3. The van der Waals surface area contributed by atoms with Gasteiger partial charge in [0.15, 0.2) is 17.1 Å². The number of pyridine rings is 1. The van der Waals surface area contributed by atoms with Crippen LogP contribution in [-0.2, 0) is 19.4 Å². The molecule has 4 aromatic rings. The molecule has 0 atom stereocenters. The highest BCUT2D eigenvalue weighted by atomic mass is 19.4. The number of nitrogen functional groups attached to an aromatic ring is 1. The van der Waals surface area contributed by atoms with E-state index in [1.807, 2.05) is 0 Å². The van der Waals surface area contributed by atoms with Crippen molar-refractivity contribution in [2.75, 3.05) is 5.73 Å². The van der Waals surface area contributed by atoms with E-state index in [0.29, 0.717) is 17.8 Å². The molecule has 3 heterocycles. The van der Waals surface area contributed by atoms with Gasteiger partial charge in [0.05, 0.1) is 17.1 Å². The molecule has 0 amide bonds. The maximum Gasteiger partial charge on any atom is 0.425 e. The summed E-state index contributed by atoms with van der Waals surface area (Å²) in [5, 5.41) is 13.7. The summed E-state index contributed by atoms with van der Waals surface area (Å²) >= 11 is 0. The standard InChI is InChI=1S/C15H10F4N4O.C6H12.C5H3F3N2O2/c1-23-3-2-7-4-9(11(16)5-8(7)14(23)24)13-21-6-10(12(20)22-13)15(17,18)19;1-2-4-6-5-3-1;6-5(7,8)3-2(11)1-9-10-4(3)12/h2-6H,1H3,(H2,20,21,22);1-6H2;1H,(H2,10,11,12). The smallest absolute Gasteiger partial charge is 0.425 e. The molecular weight excluding hydrogens is 577 g/mol. The molecule has 9 nitrogen and oxygen atoms in total. The van der Waals surface area contributed by atoms with Crippen LogP contribution in [0.5, 0.6) is 5.75 Å². The Bertz CT molecular complexity index is 1650. The van der Waals surface area contributed by atoms with E-state index in [4.69, 9.17) is 10.8 Å². The number of aromatic nitrogens is 5. The number of rotatable bonds is 1. The summed E-state index contributed by atoms with van der Waals surface area (Å²) in [7, 11) is 1.52. The quantitative estimate of drug-likeness (QED) is 0.242. The molecular formula is C26H25F7N6O3. The Morgan fingerprint density at radius 1 is 0.952 bits per heavy atom. The van der Waals surface area contributed by atoms with Gasteiger partial charge in [-0.05, 0) is 23.6 Å². The first kappa shape index (κ1) is 32.0. The van der Waals surface area contributed by atoms with E-state index in [1.165, 1.54) is 62.4 Å². The van der Waals surface area contributed by atoms with Gasteiger partial charge in [0.1, 0.15) is 17.2 Å². The Morgan fingerprint density at radius 3 is 2.02 bits per heavy atom. The zero-order chi connectivity index (χ0) is 31.2. The van der Waals surface area contributed by atoms with Crippen LogP contribution in [-0.4, -0.2) is 29.8 Å². The summed E-state index contributed by atoms with van der Waals surface area (Å²) in [5.41, 5.74) is 0.488. The summed E-state index contributed by atoms with van der Waals surface area (Å²) in [4.78, 5) is 29.5. The molecule has 4 N–H and O–H groups in total. The second-order valence-electron chi connectivity index (χ2n) is 9.22. The molecule has 16 heteroatoms. The topological polar surface area (TPSA) is 140 Å². The normalized spacial score (nSPS) is 13.5. The van der Waals surface area contributed by atoms with Gasteiger partial charge in [0.25, 0.3) is 11.1 Å². The summed E-state index contributed by atoms with van der Waals surface area (Å²) in [6.07, 6.45) is 1.96. The van der Waals surface area contributed by atoms with Gasteiger partial charge in [-0.1, -0.05) is 38.5 Å². The molecule has 3 aromatic heterocycles. The van der Waals surface area contributed by atoms with Gasteiger partial charge in [-0.3, -0.25) is 9.59 Å². The SMILES string of the molecule is C1CCCCC1.Cn1ccc2cc(-c3ncc(C(F)(F)F)c(N)n3)c(F)cc2c1=O.O=c1[nH]ncc(O)c1C(F)(F)F. The number of aromatic amines is 1. The number of nitrogens with one attached hydrogen (secondary N) is 1. The predicted molar refractivity (Wildman–Crippen MR) is 139 cm³/mol. The van der Waals surface area contributed by atoms with Gasteiger partial charge in [-0.25, -0.2) is 19.5 Å². The average Bonchev–Trinajstić information content (AvgIpc) is 2.91. The molecule has 42 heavy (non-hydrogen) atoms. The van der Waals surface area contributed by atoms with Gasteiger partial charge in [-0.15, -0.1) is 0 Å². The van der Waals surface area contributed by atoms with E-state index < -0.39 is 52.0 Å². The van der Waals surface area contributed by atoms with Crippen molar-refractivity contribution in [1.29, 1.82) is 0 Å². The van der Waals surface area contributed by atoms with Crippen molar-refractivity contribution < 1.29 is 35.8 Å².